The fraction of sp³-hybridized carbons (Fsp3) is 0.172. The van der Waals surface area contributed by atoms with E-state index in [0.717, 1.165) is 22.0 Å². The maximum Gasteiger partial charge on any atom is 0.261 e. The lowest BCUT2D eigenvalue weighted by Gasteiger charge is -2.15. The van der Waals surface area contributed by atoms with Crippen LogP contribution in [0.5, 0.6) is 11.5 Å². The van der Waals surface area contributed by atoms with Gasteiger partial charge in [-0.25, -0.2) is 0 Å². The van der Waals surface area contributed by atoms with E-state index in [1.807, 2.05) is 43.5 Å². The number of aromatic amines is 1. The fourth-order valence-electron chi connectivity index (χ4n) is 3.89. The number of H-pyrrole nitrogens is 1. The van der Waals surface area contributed by atoms with Gasteiger partial charge in [-0.2, -0.15) is 5.26 Å². The molecule has 0 aliphatic heterocycles. The highest BCUT2D eigenvalue weighted by atomic mass is 79.9. The molecule has 9 heteroatoms. The van der Waals surface area contributed by atoms with Crippen LogP contribution in [0.2, 0.25) is 10.0 Å². The Morgan fingerprint density at radius 1 is 1.11 bits per heavy atom. The number of aromatic nitrogens is 1. The molecule has 0 atom stereocenters. The van der Waals surface area contributed by atoms with Crippen LogP contribution in [0.4, 0.5) is 0 Å². The number of carbonyl (C=O) groups excluding carboxylic acids is 1. The number of hydrogen-bond acceptors (Lipinski definition) is 4. The molecule has 4 rings (SSSR count). The van der Waals surface area contributed by atoms with Crippen molar-refractivity contribution in [1.82, 2.24) is 10.3 Å². The molecule has 0 bridgehead atoms. The van der Waals surface area contributed by atoms with Gasteiger partial charge in [0.1, 0.15) is 18.2 Å². The normalized spacial score (nSPS) is 11.3. The second-order valence-corrected chi connectivity index (χ2v) is 10.0. The van der Waals surface area contributed by atoms with Crippen molar-refractivity contribution in [2.75, 3.05) is 13.2 Å². The third-order valence-corrected chi connectivity index (χ3v) is 7.05. The minimum atomic E-state index is -0.449. The molecular weight excluding hydrogens is 589 g/mol. The lowest BCUT2D eigenvalue weighted by molar-refractivity contribution is -0.117. The molecule has 0 saturated heterocycles. The average molecular weight is 613 g/mol. The maximum atomic E-state index is 12.8. The molecule has 194 valence electrons. The molecule has 0 radical (unpaired) electrons. The van der Waals surface area contributed by atoms with Gasteiger partial charge in [0.05, 0.1) is 6.61 Å². The van der Waals surface area contributed by atoms with Crippen LogP contribution >= 0.6 is 39.1 Å². The highest BCUT2D eigenvalue weighted by Crippen LogP contribution is 2.36. The Kier molecular flexibility index (Phi) is 9.35. The molecule has 0 spiro atoms. The maximum absolute atomic E-state index is 12.8. The molecule has 0 aliphatic rings. The summed E-state index contributed by atoms with van der Waals surface area (Å²) in [5.41, 5.74) is 3.50. The van der Waals surface area contributed by atoms with E-state index in [9.17, 15) is 10.1 Å². The lowest BCUT2D eigenvalue weighted by atomic mass is 10.1. The van der Waals surface area contributed by atoms with E-state index in [1.165, 1.54) is 6.08 Å². The number of benzene rings is 3. The van der Waals surface area contributed by atoms with E-state index < -0.39 is 5.91 Å². The average Bonchev–Trinajstić information content (AvgIpc) is 3.31. The van der Waals surface area contributed by atoms with Gasteiger partial charge < -0.3 is 19.8 Å². The molecule has 3 aromatic carbocycles. The standard InChI is InChI=1S/C29H24BrCl2N3O3/c1-2-37-27-12-20(24(30)14-28(27)38-17-19-7-8-22(31)13-25(19)32)11-21(15-33)29(36)34-10-9-18-16-35-26-6-4-3-5-23(18)26/h3-8,11-14,16,35H,2,9-10,17H2,1H3,(H,34,36)/b21-11-. The topological polar surface area (TPSA) is 87.1 Å². The number of fused-ring (bicyclic) bond motifs is 1. The predicted octanol–water partition coefficient (Wildman–Crippen LogP) is 7.48. The summed E-state index contributed by atoms with van der Waals surface area (Å²) in [6.45, 7) is 2.87. The largest absolute Gasteiger partial charge is 0.490 e. The van der Waals surface area contributed by atoms with Gasteiger partial charge in [-0.15, -0.1) is 0 Å². The molecule has 38 heavy (non-hydrogen) atoms. The van der Waals surface area contributed by atoms with Gasteiger partial charge in [-0.1, -0.05) is 63.4 Å². The van der Waals surface area contributed by atoms with Crippen molar-refractivity contribution >= 4 is 62.0 Å². The third kappa shape index (κ3) is 6.70. The summed E-state index contributed by atoms with van der Waals surface area (Å²) in [6.07, 6.45) is 4.10. The second-order valence-electron chi connectivity index (χ2n) is 8.31. The number of carbonyl (C=O) groups is 1. The number of ether oxygens (including phenoxy) is 2. The van der Waals surface area contributed by atoms with Crippen LogP contribution < -0.4 is 14.8 Å². The van der Waals surface area contributed by atoms with Gasteiger partial charge in [0.15, 0.2) is 11.5 Å². The van der Waals surface area contributed by atoms with Gasteiger partial charge in [-0.3, -0.25) is 4.79 Å². The number of nitrogens with one attached hydrogen (secondary N) is 2. The molecule has 1 amide bonds. The van der Waals surface area contributed by atoms with Crippen molar-refractivity contribution in [3.05, 3.63) is 97.6 Å². The fourth-order valence-corrected chi connectivity index (χ4v) is 4.79. The van der Waals surface area contributed by atoms with E-state index in [-0.39, 0.29) is 12.2 Å². The van der Waals surface area contributed by atoms with Crippen molar-refractivity contribution in [1.29, 1.82) is 5.26 Å². The summed E-state index contributed by atoms with van der Waals surface area (Å²) in [5.74, 6) is 0.516. The summed E-state index contributed by atoms with van der Waals surface area (Å²) in [4.78, 5) is 16.0. The van der Waals surface area contributed by atoms with Gasteiger partial charge in [0.25, 0.3) is 5.91 Å². The van der Waals surface area contributed by atoms with Gasteiger partial charge >= 0.3 is 0 Å². The van der Waals surface area contributed by atoms with E-state index in [0.29, 0.717) is 51.2 Å². The van der Waals surface area contributed by atoms with Crippen LogP contribution in [0.25, 0.3) is 17.0 Å². The van der Waals surface area contributed by atoms with Crippen molar-refractivity contribution in [2.24, 2.45) is 0 Å². The Balaban J connectivity index is 1.47. The number of hydrogen-bond donors (Lipinski definition) is 2. The van der Waals surface area contributed by atoms with Gasteiger partial charge in [0, 0.05) is 43.7 Å². The minimum Gasteiger partial charge on any atom is -0.490 e. The molecule has 1 aromatic heterocycles. The zero-order valence-corrected chi connectivity index (χ0v) is 23.6. The summed E-state index contributed by atoms with van der Waals surface area (Å²) < 4.78 is 12.4. The Morgan fingerprint density at radius 3 is 2.66 bits per heavy atom. The first-order valence-electron chi connectivity index (χ1n) is 11.9. The van der Waals surface area contributed by atoms with Crippen molar-refractivity contribution in [3.8, 4) is 17.6 Å². The van der Waals surface area contributed by atoms with E-state index in [1.54, 1.807) is 30.3 Å². The van der Waals surface area contributed by atoms with E-state index >= 15 is 0 Å². The summed E-state index contributed by atoms with van der Waals surface area (Å²) in [6, 6.07) is 18.7. The Morgan fingerprint density at radius 2 is 1.89 bits per heavy atom. The van der Waals surface area contributed by atoms with Crippen LogP contribution in [0.1, 0.15) is 23.6 Å². The molecular formula is C29H24BrCl2N3O3. The summed E-state index contributed by atoms with van der Waals surface area (Å²) >= 11 is 15.8. The van der Waals surface area contributed by atoms with Crippen molar-refractivity contribution in [3.63, 3.8) is 0 Å². The highest BCUT2D eigenvalue weighted by molar-refractivity contribution is 9.10. The van der Waals surface area contributed by atoms with Gasteiger partial charge in [-0.05, 0) is 60.9 Å². The summed E-state index contributed by atoms with van der Waals surface area (Å²) in [5, 5.41) is 14.7. The number of nitrogens with zero attached hydrogens (tertiary/aromatic N) is 1. The Labute approximate surface area is 239 Å². The van der Waals surface area contributed by atoms with Crippen LogP contribution in [0.15, 0.2) is 70.8 Å². The first kappa shape index (κ1) is 27.6. The summed E-state index contributed by atoms with van der Waals surface area (Å²) in [7, 11) is 0. The second kappa shape index (κ2) is 12.9. The Hall–Kier alpha value is -3.44. The number of para-hydroxylation sites is 1. The molecule has 0 saturated carbocycles. The number of nitriles is 1. The highest BCUT2D eigenvalue weighted by Gasteiger charge is 2.15. The lowest BCUT2D eigenvalue weighted by Crippen LogP contribution is -2.26. The molecule has 2 N–H and O–H groups in total. The van der Waals surface area contributed by atoms with Crippen LogP contribution in [0.3, 0.4) is 0 Å². The quantitative estimate of drug-likeness (QED) is 0.144. The zero-order chi connectivity index (χ0) is 27.1. The molecule has 0 unspecified atom stereocenters. The number of halogens is 3. The van der Waals surface area contributed by atoms with Crippen molar-refractivity contribution in [2.45, 2.75) is 20.0 Å². The first-order chi connectivity index (χ1) is 18.4. The van der Waals surface area contributed by atoms with Crippen LogP contribution in [0, 0.1) is 11.3 Å². The number of amides is 1. The molecule has 4 aromatic rings. The molecule has 6 nitrogen and oxygen atoms in total. The van der Waals surface area contributed by atoms with E-state index in [2.05, 4.69) is 26.2 Å². The molecule has 1 heterocycles. The zero-order valence-electron chi connectivity index (χ0n) is 20.5. The van der Waals surface area contributed by atoms with Crippen molar-refractivity contribution < 1.29 is 14.3 Å². The SMILES string of the molecule is CCOc1cc(/C=C(/C#N)C(=O)NCCc2c[nH]c3ccccc23)c(Br)cc1OCc1ccc(Cl)cc1Cl. The number of rotatable bonds is 10. The molecule has 0 aliphatic carbocycles. The first-order valence-corrected chi connectivity index (χ1v) is 13.4. The smallest absolute Gasteiger partial charge is 0.261 e. The monoisotopic (exact) mass is 611 g/mol. The Bertz CT molecular complexity index is 1540. The van der Waals surface area contributed by atoms with E-state index in [4.69, 9.17) is 32.7 Å². The van der Waals surface area contributed by atoms with Crippen LogP contribution in [-0.2, 0) is 17.8 Å². The molecule has 0 fully saturated rings. The predicted molar refractivity (Wildman–Crippen MR) is 155 cm³/mol. The third-order valence-electron chi connectivity index (χ3n) is 5.78. The van der Waals surface area contributed by atoms with Crippen LogP contribution in [-0.4, -0.2) is 24.0 Å². The van der Waals surface area contributed by atoms with Gasteiger partial charge in [0.2, 0.25) is 0 Å². The minimum absolute atomic E-state index is 0.0197.